The highest BCUT2D eigenvalue weighted by Gasteiger charge is 2.32. The Balaban J connectivity index is 2.23. The lowest BCUT2D eigenvalue weighted by atomic mass is 9.96. The van der Waals surface area contributed by atoms with Crippen LogP contribution in [0, 0.1) is 0 Å². The number of aromatic nitrogens is 1. The fourth-order valence-electron chi connectivity index (χ4n) is 3.18. The van der Waals surface area contributed by atoms with Gasteiger partial charge in [-0.05, 0) is 42.0 Å². The lowest BCUT2D eigenvalue weighted by Gasteiger charge is -2.17. The number of nitrogens with zero attached hydrogens (tertiary/aromatic N) is 1. The van der Waals surface area contributed by atoms with Crippen LogP contribution in [-0.2, 0) is 0 Å². The minimum absolute atomic E-state index is 0.0360. The Morgan fingerprint density at radius 3 is 2.42 bits per heavy atom. The first kappa shape index (κ1) is 15.0. The largest absolute Gasteiger partial charge is 0.477 e. The summed E-state index contributed by atoms with van der Waals surface area (Å²) in [5.74, 6) is -1.10. The van der Waals surface area contributed by atoms with E-state index in [2.05, 4.69) is 0 Å². The topological polar surface area (TPSA) is 59.3 Å². The van der Waals surface area contributed by atoms with E-state index < -0.39 is 5.97 Å². The number of benzene rings is 2. The molecule has 5 heteroatoms. The van der Waals surface area contributed by atoms with Gasteiger partial charge >= 0.3 is 5.97 Å². The lowest BCUT2D eigenvalue weighted by molar-refractivity contribution is 0.0684. The zero-order valence-electron chi connectivity index (χ0n) is 12.7. The van der Waals surface area contributed by atoms with Gasteiger partial charge in [-0.2, -0.15) is 0 Å². The van der Waals surface area contributed by atoms with Crippen molar-refractivity contribution >= 4 is 28.3 Å². The molecule has 0 aliphatic heterocycles. The van der Waals surface area contributed by atoms with Crippen molar-refractivity contribution in [3.63, 3.8) is 0 Å². The van der Waals surface area contributed by atoms with Gasteiger partial charge in [0.05, 0.1) is 0 Å². The molecule has 0 spiro atoms. The monoisotopic (exact) mass is 339 g/mol. The smallest absolute Gasteiger partial charge is 0.353 e. The fraction of sp³-hybridized carbons (Fsp3) is 0.158. The van der Waals surface area contributed by atoms with Crippen LogP contribution in [0.2, 0.25) is 5.02 Å². The minimum Gasteiger partial charge on any atom is -0.477 e. The van der Waals surface area contributed by atoms with E-state index in [9.17, 15) is 14.7 Å². The van der Waals surface area contributed by atoms with E-state index in [-0.39, 0.29) is 17.3 Å². The number of fused-ring (bicyclic) bond motifs is 1. The van der Waals surface area contributed by atoms with Gasteiger partial charge in [-0.15, -0.1) is 0 Å². The summed E-state index contributed by atoms with van der Waals surface area (Å²) in [7, 11) is 0. The third-order valence-corrected chi connectivity index (χ3v) is 4.59. The highest BCUT2D eigenvalue weighted by Crippen LogP contribution is 2.39. The normalized spacial score (nSPS) is 14.0. The molecule has 0 unspecified atom stereocenters. The zero-order chi connectivity index (χ0) is 16.8. The lowest BCUT2D eigenvalue weighted by Crippen LogP contribution is -2.26. The van der Waals surface area contributed by atoms with Gasteiger partial charge in [0.25, 0.3) is 5.56 Å². The molecule has 0 amide bonds. The van der Waals surface area contributed by atoms with Crippen molar-refractivity contribution in [3.8, 4) is 11.1 Å². The number of carbonyl (C=O) groups is 1. The highest BCUT2D eigenvalue weighted by atomic mass is 35.5. The van der Waals surface area contributed by atoms with Crippen molar-refractivity contribution in [1.29, 1.82) is 0 Å². The van der Waals surface area contributed by atoms with E-state index in [0.29, 0.717) is 21.4 Å². The SMILES string of the molecule is O=C(O)c1c(-c2ccccc2)c2cc(Cl)ccc2c(=O)n1C1CC1. The van der Waals surface area contributed by atoms with E-state index in [1.165, 1.54) is 4.57 Å². The van der Waals surface area contributed by atoms with Crippen LogP contribution in [0.25, 0.3) is 21.9 Å². The second-order valence-corrected chi connectivity index (χ2v) is 6.43. The Hall–Kier alpha value is -2.59. The summed E-state index contributed by atoms with van der Waals surface area (Å²) >= 11 is 6.12. The van der Waals surface area contributed by atoms with Crippen molar-refractivity contribution in [2.24, 2.45) is 0 Å². The quantitative estimate of drug-likeness (QED) is 0.771. The van der Waals surface area contributed by atoms with Crippen molar-refractivity contribution < 1.29 is 9.90 Å². The first-order valence-electron chi connectivity index (χ1n) is 7.74. The predicted molar refractivity (Wildman–Crippen MR) is 93.9 cm³/mol. The number of hydrogen-bond acceptors (Lipinski definition) is 2. The summed E-state index contributed by atoms with van der Waals surface area (Å²) in [6.07, 6.45) is 1.65. The highest BCUT2D eigenvalue weighted by molar-refractivity contribution is 6.31. The molecule has 1 saturated carbocycles. The van der Waals surface area contributed by atoms with Gasteiger partial charge in [-0.3, -0.25) is 9.36 Å². The molecule has 3 aromatic rings. The summed E-state index contributed by atoms with van der Waals surface area (Å²) in [4.78, 5) is 24.9. The fourth-order valence-corrected chi connectivity index (χ4v) is 3.35. The van der Waals surface area contributed by atoms with Gasteiger partial charge in [0.2, 0.25) is 0 Å². The van der Waals surface area contributed by atoms with Crippen molar-refractivity contribution in [2.75, 3.05) is 0 Å². The Morgan fingerprint density at radius 1 is 1.08 bits per heavy atom. The molecule has 1 aliphatic carbocycles. The number of rotatable bonds is 3. The Labute approximate surface area is 142 Å². The van der Waals surface area contributed by atoms with Gasteiger partial charge in [0.15, 0.2) is 0 Å². The number of pyridine rings is 1. The molecule has 1 aromatic heterocycles. The minimum atomic E-state index is -1.10. The van der Waals surface area contributed by atoms with Gasteiger partial charge in [-0.1, -0.05) is 41.9 Å². The van der Waals surface area contributed by atoms with Gasteiger partial charge in [-0.25, -0.2) is 4.79 Å². The molecule has 1 N–H and O–H groups in total. The van der Waals surface area contributed by atoms with Crippen LogP contribution in [0.5, 0.6) is 0 Å². The maximum atomic E-state index is 12.9. The molecular formula is C19H14ClNO3. The number of halogens is 1. The van der Waals surface area contributed by atoms with E-state index >= 15 is 0 Å². The summed E-state index contributed by atoms with van der Waals surface area (Å²) in [6, 6.07) is 14.3. The second kappa shape index (κ2) is 5.49. The summed E-state index contributed by atoms with van der Waals surface area (Å²) < 4.78 is 1.45. The molecule has 0 saturated heterocycles. The van der Waals surface area contributed by atoms with Crippen LogP contribution in [0.1, 0.15) is 29.4 Å². The molecule has 2 aromatic carbocycles. The maximum Gasteiger partial charge on any atom is 0.353 e. The number of carboxylic acid groups (broad SMARTS) is 1. The third-order valence-electron chi connectivity index (χ3n) is 4.35. The van der Waals surface area contributed by atoms with E-state index in [1.54, 1.807) is 18.2 Å². The summed E-state index contributed by atoms with van der Waals surface area (Å²) in [6.45, 7) is 0. The van der Waals surface area contributed by atoms with Crippen molar-refractivity contribution in [2.45, 2.75) is 18.9 Å². The molecule has 0 atom stereocenters. The Kier molecular flexibility index (Phi) is 3.43. The molecule has 0 bridgehead atoms. The van der Waals surface area contributed by atoms with Crippen LogP contribution in [0.3, 0.4) is 0 Å². The molecular weight excluding hydrogens is 326 g/mol. The molecule has 4 nitrogen and oxygen atoms in total. The third kappa shape index (κ3) is 2.31. The van der Waals surface area contributed by atoms with Gasteiger partial charge in [0, 0.05) is 22.0 Å². The number of hydrogen-bond donors (Lipinski definition) is 1. The maximum absolute atomic E-state index is 12.9. The molecule has 1 heterocycles. The van der Waals surface area contributed by atoms with Crippen molar-refractivity contribution in [3.05, 3.63) is 69.6 Å². The molecule has 24 heavy (non-hydrogen) atoms. The second-order valence-electron chi connectivity index (χ2n) is 5.99. The first-order valence-corrected chi connectivity index (χ1v) is 8.12. The average Bonchev–Trinajstić information content (AvgIpc) is 3.39. The molecule has 0 radical (unpaired) electrons. The summed E-state index contributed by atoms with van der Waals surface area (Å²) in [5, 5.41) is 11.4. The molecule has 4 rings (SSSR count). The molecule has 120 valence electrons. The Morgan fingerprint density at radius 2 is 1.79 bits per heavy atom. The van der Waals surface area contributed by atoms with E-state index in [4.69, 9.17) is 11.6 Å². The summed E-state index contributed by atoms with van der Waals surface area (Å²) in [5.41, 5.74) is 1.09. The van der Waals surface area contributed by atoms with Crippen LogP contribution >= 0.6 is 11.6 Å². The van der Waals surface area contributed by atoms with Crippen LogP contribution in [0.15, 0.2) is 53.3 Å². The zero-order valence-corrected chi connectivity index (χ0v) is 13.5. The first-order chi connectivity index (χ1) is 11.6. The van der Waals surface area contributed by atoms with Crippen LogP contribution in [0.4, 0.5) is 0 Å². The van der Waals surface area contributed by atoms with Crippen LogP contribution < -0.4 is 5.56 Å². The van der Waals surface area contributed by atoms with Gasteiger partial charge in [0.1, 0.15) is 5.69 Å². The van der Waals surface area contributed by atoms with E-state index in [0.717, 1.165) is 18.4 Å². The number of aromatic carboxylic acids is 1. The predicted octanol–water partition coefficient (Wildman–Crippen LogP) is 4.36. The van der Waals surface area contributed by atoms with Gasteiger partial charge < -0.3 is 5.11 Å². The Bertz CT molecular complexity index is 1020. The van der Waals surface area contributed by atoms with Crippen LogP contribution in [-0.4, -0.2) is 15.6 Å². The average molecular weight is 340 g/mol. The van der Waals surface area contributed by atoms with Crippen molar-refractivity contribution in [1.82, 2.24) is 4.57 Å². The number of carboxylic acids is 1. The standard InChI is InChI=1S/C19H14ClNO3/c20-12-6-9-14-15(10-12)16(11-4-2-1-3-5-11)17(19(23)24)21(18(14)22)13-7-8-13/h1-6,9-10,13H,7-8H2,(H,23,24). The van der Waals surface area contributed by atoms with E-state index in [1.807, 2.05) is 30.3 Å². The molecule has 1 aliphatic rings. The molecule has 1 fully saturated rings.